The van der Waals surface area contributed by atoms with Gasteiger partial charge in [-0.25, -0.2) is 0 Å². The standard InChI is InChI=1S/C11H24N2O2/c1-3-12-11(9-14)8-13-5-4-6-15-10(2)7-13/h10-12,14H,3-9H2,1-2H3. The van der Waals surface area contributed by atoms with E-state index in [0.717, 1.165) is 39.2 Å². The molecule has 1 saturated heterocycles. The van der Waals surface area contributed by atoms with Crippen LogP contribution >= 0.6 is 0 Å². The molecule has 0 spiro atoms. The minimum atomic E-state index is 0.195. The lowest BCUT2D eigenvalue weighted by Gasteiger charge is -2.26. The van der Waals surface area contributed by atoms with Crippen molar-refractivity contribution >= 4 is 0 Å². The molecule has 0 radical (unpaired) electrons. The fourth-order valence-electron chi connectivity index (χ4n) is 2.03. The van der Waals surface area contributed by atoms with E-state index in [-0.39, 0.29) is 12.6 Å². The number of nitrogens with zero attached hydrogens (tertiary/aromatic N) is 1. The normalized spacial score (nSPS) is 26.2. The van der Waals surface area contributed by atoms with Crippen LogP contribution in [-0.2, 0) is 4.74 Å². The lowest BCUT2D eigenvalue weighted by Crippen LogP contribution is -2.45. The molecule has 1 heterocycles. The number of ether oxygens (including phenoxy) is 1. The fraction of sp³-hybridized carbons (Fsp3) is 1.00. The van der Waals surface area contributed by atoms with Gasteiger partial charge in [-0.1, -0.05) is 6.92 Å². The molecular formula is C11H24N2O2. The first-order chi connectivity index (χ1) is 7.26. The van der Waals surface area contributed by atoms with Crippen LogP contribution in [0.4, 0.5) is 0 Å². The smallest absolute Gasteiger partial charge is 0.0673 e. The van der Waals surface area contributed by atoms with Crippen molar-refractivity contribution in [2.24, 2.45) is 0 Å². The van der Waals surface area contributed by atoms with Crippen molar-refractivity contribution in [3.8, 4) is 0 Å². The maximum atomic E-state index is 9.20. The Bertz CT molecular complexity index is 167. The van der Waals surface area contributed by atoms with Crippen molar-refractivity contribution in [3.63, 3.8) is 0 Å². The van der Waals surface area contributed by atoms with Crippen molar-refractivity contribution in [1.29, 1.82) is 0 Å². The van der Waals surface area contributed by atoms with Gasteiger partial charge < -0.3 is 15.2 Å². The zero-order chi connectivity index (χ0) is 11.1. The first kappa shape index (κ1) is 12.9. The summed E-state index contributed by atoms with van der Waals surface area (Å²) in [5.74, 6) is 0. The van der Waals surface area contributed by atoms with E-state index in [1.807, 2.05) is 0 Å². The lowest BCUT2D eigenvalue weighted by molar-refractivity contribution is 0.0649. The van der Waals surface area contributed by atoms with Gasteiger partial charge in [0.05, 0.1) is 12.7 Å². The average molecular weight is 216 g/mol. The van der Waals surface area contributed by atoms with Crippen molar-refractivity contribution in [3.05, 3.63) is 0 Å². The molecule has 0 saturated carbocycles. The van der Waals surface area contributed by atoms with E-state index in [1.165, 1.54) is 0 Å². The molecule has 2 unspecified atom stereocenters. The summed E-state index contributed by atoms with van der Waals surface area (Å²) >= 11 is 0. The van der Waals surface area contributed by atoms with Crippen LogP contribution in [0.2, 0.25) is 0 Å². The van der Waals surface area contributed by atoms with Crippen LogP contribution < -0.4 is 5.32 Å². The van der Waals surface area contributed by atoms with E-state index in [9.17, 15) is 5.11 Å². The number of nitrogens with one attached hydrogen (secondary N) is 1. The molecule has 0 aromatic carbocycles. The largest absolute Gasteiger partial charge is 0.395 e. The van der Waals surface area contributed by atoms with Gasteiger partial charge in [-0.15, -0.1) is 0 Å². The van der Waals surface area contributed by atoms with Gasteiger partial charge >= 0.3 is 0 Å². The number of aliphatic hydroxyl groups excluding tert-OH is 1. The van der Waals surface area contributed by atoms with Crippen molar-refractivity contribution in [2.75, 3.05) is 39.4 Å². The Morgan fingerprint density at radius 3 is 3.07 bits per heavy atom. The molecule has 2 atom stereocenters. The fourth-order valence-corrected chi connectivity index (χ4v) is 2.03. The zero-order valence-corrected chi connectivity index (χ0v) is 9.91. The molecule has 4 nitrogen and oxygen atoms in total. The Labute approximate surface area is 92.6 Å². The van der Waals surface area contributed by atoms with Gasteiger partial charge in [0.15, 0.2) is 0 Å². The molecule has 0 aliphatic carbocycles. The van der Waals surface area contributed by atoms with Gasteiger partial charge in [0, 0.05) is 32.3 Å². The second kappa shape index (κ2) is 7.17. The van der Waals surface area contributed by atoms with Gasteiger partial charge in [-0.3, -0.25) is 4.90 Å². The third-order valence-corrected chi connectivity index (χ3v) is 2.73. The maximum absolute atomic E-state index is 9.20. The molecule has 15 heavy (non-hydrogen) atoms. The topological polar surface area (TPSA) is 44.7 Å². The molecule has 2 N–H and O–H groups in total. The third-order valence-electron chi connectivity index (χ3n) is 2.73. The van der Waals surface area contributed by atoms with E-state index in [2.05, 4.69) is 24.1 Å². The third kappa shape index (κ3) is 4.93. The maximum Gasteiger partial charge on any atom is 0.0673 e. The Morgan fingerprint density at radius 1 is 1.60 bits per heavy atom. The zero-order valence-electron chi connectivity index (χ0n) is 9.91. The first-order valence-electron chi connectivity index (χ1n) is 5.94. The summed E-state index contributed by atoms with van der Waals surface area (Å²) in [6.45, 7) is 9.12. The van der Waals surface area contributed by atoms with Crippen molar-refractivity contribution < 1.29 is 9.84 Å². The average Bonchev–Trinajstić information content (AvgIpc) is 2.42. The van der Waals surface area contributed by atoms with Crippen LogP contribution in [0.5, 0.6) is 0 Å². The summed E-state index contributed by atoms with van der Waals surface area (Å²) in [6.07, 6.45) is 1.41. The highest BCUT2D eigenvalue weighted by Gasteiger charge is 2.17. The summed E-state index contributed by atoms with van der Waals surface area (Å²) in [5, 5.41) is 12.5. The van der Waals surface area contributed by atoms with E-state index in [0.29, 0.717) is 6.10 Å². The molecule has 1 aliphatic heterocycles. The van der Waals surface area contributed by atoms with Crippen LogP contribution in [0, 0.1) is 0 Å². The Morgan fingerprint density at radius 2 is 2.40 bits per heavy atom. The number of rotatable bonds is 5. The highest BCUT2D eigenvalue weighted by Crippen LogP contribution is 2.05. The van der Waals surface area contributed by atoms with Crippen LogP contribution in [0.3, 0.4) is 0 Å². The van der Waals surface area contributed by atoms with E-state index >= 15 is 0 Å². The van der Waals surface area contributed by atoms with Gasteiger partial charge in [0.2, 0.25) is 0 Å². The van der Waals surface area contributed by atoms with Crippen LogP contribution in [0.15, 0.2) is 0 Å². The molecule has 1 aliphatic rings. The van der Waals surface area contributed by atoms with Crippen molar-refractivity contribution in [1.82, 2.24) is 10.2 Å². The molecule has 0 bridgehead atoms. The molecule has 4 heteroatoms. The minimum Gasteiger partial charge on any atom is -0.395 e. The monoisotopic (exact) mass is 216 g/mol. The van der Waals surface area contributed by atoms with Gasteiger partial charge in [0.25, 0.3) is 0 Å². The van der Waals surface area contributed by atoms with Gasteiger partial charge in [-0.2, -0.15) is 0 Å². The second-order valence-corrected chi connectivity index (χ2v) is 4.23. The SMILES string of the molecule is CCNC(CO)CN1CCCOC(C)C1. The quantitative estimate of drug-likeness (QED) is 0.682. The van der Waals surface area contributed by atoms with Gasteiger partial charge in [0.1, 0.15) is 0 Å². The second-order valence-electron chi connectivity index (χ2n) is 4.23. The van der Waals surface area contributed by atoms with Crippen molar-refractivity contribution in [2.45, 2.75) is 32.4 Å². The predicted octanol–water partition coefficient (Wildman–Crippen LogP) is 0.0676. The Kier molecular flexibility index (Phi) is 6.17. The molecular weight excluding hydrogens is 192 g/mol. The molecule has 0 aromatic rings. The molecule has 90 valence electrons. The van der Waals surface area contributed by atoms with E-state index < -0.39 is 0 Å². The summed E-state index contributed by atoms with van der Waals surface area (Å²) in [6, 6.07) is 0.195. The Hall–Kier alpha value is -0.160. The summed E-state index contributed by atoms with van der Waals surface area (Å²) < 4.78 is 5.58. The van der Waals surface area contributed by atoms with Crippen LogP contribution in [0.1, 0.15) is 20.3 Å². The van der Waals surface area contributed by atoms with E-state index in [4.69, 9.17) is 4.74 Å². The van der Waals surface area contributed by atoms with E-state index in [1.54, 1.807) is 0 Å². The highest BCUT2D eigenvalue weighted by molar-refractivity contribution is 4.74. The lowest BCUT2D eigenvalue weighted by atomic mass is 10.2. The van der Waals surface area contributed by atoms with Crippen LogP contribution in [-0.4, -0.2) is 61.5 Å². The number of aliphatic hydroxyl groups is 1. The first-order valence-corrected chi connectivity index (χ1v) is 5.94. The summed E-state index contributed by atoms with van der Waals surface area (Å²) in [4.78, 5) is 2.38. The summed E-state index contributed by atoms with van der Waals surface area (Å²) in [7, 11) is 0. The Balaban J connectivity index is 2.33. The van der Waals surface area contributed by atoms with Gasteiger partial charge in [-0.05, 0) is 19.9 Å². The number of likely N-dealkylation sites (N-methyl/N-ethyl adjacent to an activating group) is 1. The number of hydrogen-bond donors (Lipinski definition) is 2. The molecule has 1 fully saturated rings. The molecule has 0 amide bonds. The molecule has 0 aromatic heterocycles. The van der Waals surface area contributed by atoms with Crippen LogP contribution in [0.25, 0.3) is 0 Å². The predicted molar refractivity (Wildman–Crippen MR) is 61.0 cm³/mol. The summed E-state index contributed by atoms with van der Waals surface area (Å²) in [5.41, 5.74) is 0. The highest BCUT2D eigenvalue weighted by atomic mass is 16.5. The molecule has 1 rings (SSSR count). The minimum absolute atomic E-state index is 0.195. The number of hydrogen-bond acceptors (Lipinski definition) is 4.